The summed E-state index contributed by atoms with van der Waals surface area (Å²) in [6.45, 7) is 0.338. The fourth-order valence-corrected chi connectivity index (χ4v) is 3.97. The second kappa shape index (κ2) is 9.41. The SMILES string of the molecule is O=C(COc1ccc(Cl)cc1Cl)Nc1ccc2c(c1)CCC(=O)N2Cc1ccccc1. The molecule has 4 rings (SSSR count). The first-order valence-electron chi connectivity index (χ1n) is 9.84. The number of benzene rings is 3. The number of anilines is 2. The summed E-state index contributed by atoms with van der Waals surface area (Å²) in [5.74, 6) is 0.182. The molecule has 5 nitrogen and oxygen atoms in total. The van der Waals surface area contributed by atoms with Crippen LogP contribution in [0.2, 0.25) is 10.0 Å². The highest BCUT2D eigenvalue weighted by Gasteiger charge is 2.24. The molecule has 0 radical (unpaired) electrons. The Morgan fingerprint density at radius 2 is 1.81 bits per heavy atom. The highest BCUT2D eigenvalue weighted by Crippen LogP contribution is 2.32. The van der Waals surface area contributed by atoms with Gasteiger partial charge in [-0.15, -0.1) is 0 Å². The van der Waals surface area contributed by atoms with Gasteiger partial charge < -0.3 is 15.0 Å². The van der Waals surface area contributed by atoms with E-state index in [1.54, 1.807) is 29.2 Å². The van der Waals surface area contributed by atoms with Gasteiger partial charge in [-0.1, -0.05) is 53.5 Å². The maximum atomic E-state index is 12.5. The molecule has 0 unspecified atom stereocenters. The van der Waals surface area contributed by atoms with Crippen LogP contribution in [-0.2, 0) is 22.6 Å². The number of ether oxygens (including phenoxy) is 1. The van der Waals surface area contributed by atoms with Crippen LogP contribution in [0, 0.1) is 0 Å². The van der Waals surface area contributed by atoms with Gasteiger partial charge in [0.15, 0.2) is 6.61 Å². The van der Waals surface area contributed by atoms with Crippen LogP contribution in [-0.4, -0.2) is 18.4 Å². The molecule has 0 atom stereocenters. The lowest BCUT2D eigenvalue weighted by Gasteiger charge is -2.30. The molecule has 2 amide bonds. The van der Waals surface area contributed by atoms with Gasteiger partial charge in [0.2, 0.25) is 5.91 Å². The van der Waals surface area contributed by atoms with E-state index in [9.17, 15) is 9.59 Å². The van der Waals surface area contributed by atoms with Crippen molar-refractivity contribution in [3.8, 4) is 5.75 Å². The molecule has 3 aromatic carbocycles. The summed E-state index contributed by atoms with van der Waals surface area (Å²) in [7, 11) is 0. The van der Waals surface area contributed by atoms with Crippen molar-refractivity contribution in [3.63, 3.8) is 0 Å². The lowest BCUT2D eigenvalue weighted by molar-refractivity contribution is -0.119. The van der Waals surface area contributed by atoms with E-state index in [1.807, 2.05) is 42.5 Å². The zero-order valence-corrected chi connectivity index (χ0v) is 18.1. The monoisotopic (exact) mass is 454 g/mol. The molecule has 0 fully saturated rings. The zero-order valence-electron chi connectivity index (χ0n) is 16.6. The molecule has 1 aliphatic heterocycles. The number of hydrogen-bond acceptors (Lipinski definition) is 3. The molecule has 31 heavy (non-hydrogen) atoms. The number of rotatable bonds is 6. The number of carbonyl (C=O) groups is 2. The van der Waals surface area contributed by atoms with Crippen LogP contribution in [0.3, 0.4) is 0 Å². The number of fused-ring (bicyclic) bond motifs is 1. The molecule has 1 aliphatic rings. The molecular formula is C24H20Cl2N2O3. The third-order valence-electron chi connectivity index (χ3n) is 5.00. The van der Waals surface area contributed by atoms with E-state index in [1.165, 1.54) is 0 Å². The van der Waals surface area contributed by atoms with Crippen LogP contribution in [0.5, 0.6) is 5.75 Å². The topological polar surface area (TPSA) is 58.6 Å². The summed E-state index contributed by atoms with van der Waals surface area (Å²) in [6, 6.07) is 20.3. The van der Waals surface area contributed by atoms with Crippen molar-refractivity contribution >= 4 is 46.4 Å². The molecule has 1 N–H and O–H groups in total. The first-order valence-corrected chi connectivity index (χ1v) is 10.6. The Hall–Kier alpha value is -3.02. The molecule has 0 spiro atoms. The van der Waals surface area contributed by atoms with Gasteiger partial charge in [0.05, 0.1) is 11.6 Å². The van der Waals surface area contributed by atoms with E-state index in [2.05, 4.69) is 5.32 Å². The van der Waals surface area contributed by atoms with Gasteiger partial charge in [0.1, 0.15) is 5.75 Å². The molecule has 0 bridgehead atoms. The highest BCUT2D eigenvalue weighted by molar-refractivity contribution is 6.35. The Bertz CT molecular complexity index is 1120. The van der Waals surface area contributed by atoms with E-state index < -0.39 is 0 Å². The number of amides is 2. The Morgan fingerprint density at radius 1 is 1.00 bits per heavy atom. The molecule has 0 saturated heterocycles. The average molecular weight is 455 g/mol. The number of halogens is 2. The molecule has 158 valence electrons. The maximum Gasteiger partial charge on any atom is 0.262 e. The van der Waals surface area contributed by atoms with Crippen molar-refractivity contribution in [2.24, 2.45) is 0 Å². The van der Waals surface area contributed by atoms with Crippen molar-refractivity contribution in [2.75, 3.05) is 16.8 Å². The van der Waals surface area contributed by atoms with Crippen LogP contribution in [0.4, 0.5) is 11.4 Å². The Labute approximate surface area is 190 Å². The minimum absolute atomic E-state index is 0.0985. The number of aryl methyl sites for hydroxylation is 1. The molecule has 1 heterocycles. The number of hydrogen-bond donors (Lipinski definition) is 1. The Morgan fingerprint density at radius 3 is 2.58 bits per heavy atom. The van der Waals surface area contributed by atoms with E-state index in [4.69, 9.17) is 27.9 Å². The molecule has 0 aliphatic carbocycles. The number of carbonyl (C=O) groups excluding carboxylic acids is 2. The lowest BCUT2D eigenvalue weighted by atomic mass is 9.99. The Kier molecular flexibility index (Phi) is 6.44. The van der Waals surface area contributed by atoms with Crippen molar-refractivity contribution in [1.29, 1.82) is 0 Å². The quantitative estimate of drug-likeness (QED) is 0.535. The molecule has 7 heteroatoms. The fourth-order valence-electron chi connectivity index (χ4n) is 3.51. The fraction of sp³-hybridized carbons (Fsp3) is 0.167. The van der Waals surface area contributed by atoms with Gasteiger partial charge in [-0.25, -0.2) is 0 Å². The number of nitrogens with zero attached hydrogens (tertiary/aromatic N) is 1. The van der Waals surface area contributed by atoms with Gasteiger partial charge in [0, 0.05) is 22.8 Å². The second-order valence-electron chi connectivity index (χ2n) is 7.22. The summed E-state index contributed by atoms with van der Waals surface area (Å²) in [5, 5.41) is 3.67. The van der Waals surface area contributed by atoms with Gasteiger partial charge in [-0.05, 0) is 53.9 Å². The molecule has 0 aromatic heterocycles. The second-order valence-corrected chi connectivity index (χ2v) is 8.06. The van der Waals surface area contributed by atoms with Gasteiger partial charge >= 0.3 is 0 Å². The summed E-state index contributed by atoms with van der Waals surface area (Å²) < 4.78 is 5.48. The highest BCUT2D eigenvalue weighted by atomic mass is 35.5. The smallest absolute Gasteiger partial charge is 0.262 e. The zero-order chi connectivity index (χ0) is 21.8. The van der Waals surface area contributed by atoms with Crippen LogP contribution < -0.4 is 15.0 Å². The first-order chi connectivity index (χ1) is 15.0. The predicted molar refractivity (Wildman–Crippen MR) is 123 cm³/mol. The standard InChI is InChI=1S/C24H20Cl2N2O3/c25-18-7-10-22(20(26)13-18)31-15-23(29)27-19-8-9-21-17(12-19)6-11-24(30)28(21)14-16-4-2-1-3-5-16/h1-5,7-10,12-13H,6,11,14-15H2,(H,27,29). The molecule has 3 aromatic rings. The van der Waals surface area contributed by atoms with Crippen LogP contribution in [0.1, 0.15) is 17.5 Å². The van der Waals surface area contributed by atoms with Crippen LogP contribution in [0.15, 0.2) is 66.7 Å². The summed E-state index contributed by atoms with van der Waals surface area (Å²) in [6.07, 6.45) is 1.08. The van der Waals surface area contributed by atoms with E-state index >= 15 is 0 Å². The maximum absolute atomic E-state index is 12.5. The van der Waals surface area contributed by atoms with Crippen molar-refractivity contribution in [1.82, 2.24) is 0 Å². The molecule has 0 saturated carbocycles. The van der Waals surface area contributed by atoms with Crippen LogP contribution >= 0.6 is 23.2 Å². The Balaban J connectivity index is 1.42. The minimum Gasteiger partial charge on any atom is -0.482 e. The van der Waals surface area contributed by atoms with Crippen molar-refractivity contribution in [2.45, 2.75) is 19.4 Å². The van der Waals surface area contributed by atoms with Gasteiger partial charge in [-0.2, -0.15) is 0 Å². The van der Waals surface area contributed by atoms with E-state index in [0.29, 0.717) is 40.9 Å². The normalized spacial score (nSPS) is 13.0. The third kappa shape index (κ3) is 5.19. The first kappa shape index (κ1) is 21.2. The predicted octanol–water partition coefficient (Wildman–Crippen LogP) is 5.49. The summed E-state index contributed by atoms with van der Waals surface area (Å²) in [5.41, 5.74) is 3.62. The lowest BCUT2D eigenvalue weighted by Crippen LogP contribution is -2.34. The van der Waals surface area contributed by atoms with Gasteiger partial charge in [0.25, 0.3) is 5.91 Å². The average Bonchev–Trinajstić information content (AvgIpc) is 2.76. The van der Waals surface area contributed by atoms with Gasteiger partial charge in [-0.3, -0.25) is 9.59 Å². The minimum atomic E-state index is -0.306. The van der Waals surface area contributed by atoms with Crippen LogP contribution in [0.25, 0.3) is 0 Å². The third-order valence-corrected chi connectivity index (χ3v) is 5.53. The van der Waals surface area contributed by atoms with E-state index in [-0.39, 0.29) is 18.4 Å². The van der Waals surface area contributed by atoms with Crippen molar-refractivity contribution < 1.29 is 14.3 Å². The summed E-state index contributed by atoms with van der Waals surface area (Å²) in [4.78, 5) is 26.6. The largest absolute Gasteiger partial charge is 0.482 e. The van der Waals surface area contributed by atoms with Crippen molar-refractivity contribution in [3.05, 3.63) is 87.9 Å². The van der Waals surface area contributed by atoms with E-state index in [0.717, 1.165) is 16.8 Å². The number of nitrogens with one attached hydrogen (secondary N) is 1. The molecular weight excluding hydrogens is 435 g/mol. The summed E-state index contributed by atoms with van der Waals surface area (Å²) >= 11 is 11.9.